The lowest BCUT2D eigenvalue weighted by molar-refractivity contribution is -0.142. The summed E-state index contributed by atoms with van der Waals surface area (Å²) in [5.74, 6) is -1.14. The highest BCUT2D eigenvalue weighted by molar-refractivity contribution is 7.21. The zero-order chi connectivity index (χ0) is 30.1. The Morgan fingerprint density at radius 1 is 0.829 bits per heavy atom. The smallest absolute Gasteiger partial charge is 0.324 e. The highest BCUT2D eigenvalue weighted by Crippen LogP contribution is 2.32. The van der Waals surface area contributed by atoms with E-state index in [1.54, 1.807) is 50.9 Å². The van der Waals surface area contributed by atoms with E-state index >= 15 is 0 Å². The van der Waals surface area contributed by atoms with Crippen LogP contribution in [0.25, 0.3) is 20.4 Å². The Bertz CT molecular complexity index is 1560. The number of aromatic nitrogens is 2. The van der Waals surface area contributed by atoms with Crippen molar-refractivity contribution in [2.45, 2.75) is 12.1 Å². The van der Waals surface area contributed by atoms with Gasteiger partial charge in [0, 0.05) is 25.5 Å². The Morgan fingerprint density at radius 2 is 1.27 bits per heavy atom. The van der Waals surface area contributed by atoms with Gasteiger partial charge < -0.3 is 41.4 Å². The number of fused-ring (bicyclic) bond motifs is 2. The van der Waals surface area contributed by atoms with Crippen LogP contribution in [0.2, 0.25) is 0 Å². The molecule has 0 fully saturated rings. The van der Waals surface area contributed by atoms with Gasteiger partial charge in [0.1, 0.15) is 23.6 Å². The highest BCUT2D eigenvalue weighted by Gasteiger charge is 2.18. The third-order valence-corrected chi connectivity index (χ3v) is 7.70. The second kappa shape index (κ2) is 14.3. The molecule has 0 radical (unpaired) electrons. The number of pyridine rings is 2. The highest BCUT2D eigenvalue weighted by atomic mass is 32.1. The second-order valence-corrected chi connectivity index (χ2v) is 10.3. The molecule has 7 N–H and O–H groups in total. The number of hydrogen-bond donors (Lipinski definition) is 5. The van der Waals surface area contributed by atoms with E-state index in [4.69, 9.17) is 26.0 Å². The number of nitrogens with zero attached hydrogens (tertiary/aromatic N) is 2. The minimum Gasteiger partial charge on any atom is -0.495 e. The molecule has 0 saturated carbocycles. The van der Waals surface area contributed by atoms with Crippen LogP contribution in [0.4, 0.5) is 0 Å². The fraction of sp³-hybridized carbons (Fsp3) is 0.280. The number of hydrogen-bond acceptors (Lipinski definition) is 13. The molecule has 0 bridgehead atoms. The number of ether oxygens (including phenoxy) is 3. The van der Waals surface area contributed by atoms with Gasteiger partial charge in [-0.3, -0.25) is 29.1 Å². The molecule has 0 spiro atoms. The lowest BCUT2D eigenvalue weighted by atomic mass is 10.3. The summed E-state index contributed by atoms with van der Waals surface area (Å²) in [6.45, 7) is -0.128. The first kappa shape index (κ1) is 31.2. The maximum absolute atomic E-state index is 12.1. The van der Waals surface area contributed by atoms with E-state index in [-0.39, 0.29) is 24.9 Å². The molecule has 14 nitrogen and oxygen atoms in total. The minimum absolute atomic E-state index is 0.00428. The van der Waals surface area contributed by atoms with Crippen molar-refractivity contribution in [1.29, 1.82) is 0 Å². The summed E-state index contributed by atoms with van der Waals surface area (Å²) in [6, 6.07) is 4.72. The van der Waals surface area contributed by atoms with Gasteiger partial charge in [-0.1, -0.05) is 0 Å². The van der Waals surface area contributed by atoms with Gasteiger partial charge >= 0.3 is 11.9 Å². The number of methoxy groups -OCH3 is 3. The summed E-state index contributed by atoms with van der Waals surface area (Å²) in [6.07, 6.45) is 3.21. The minimum atomic E-state index is -1.16. The first-order valence-electron chi connectivity index (χ1n) is 11.8. The Morgan fingerprint density at radius 3 is 1.66 bits per heavy atom. The first-order valence-corrected chi connectivity index (χ1v) is 13.5. The number of nitrogens with one attached hydrogen (secondary N) is 2. The lowest BCUT2D eigenvalue weighted by Crippen LogP contribution is -2.42. The van der Waals surface area contributed by atoms with Crippen molar-refractivity contribution < 1.29 is 38.5 Å². The SMILES string of the molecule is COC(=O)[C@H](N)CNC(=O)c1cc2nccc(OC)c2s1.COc1ccnc2cc(C(=O)NC[C@@H](N)C(=O)O)sc12. The molecule has 4 heterocycles. The zero-order valence-electron chi connectivity index (χ0n) is 22.2. The molecular formula is C25H28N6O8S2. The van der Waals surface area contributed by atoms with Gasteiger partial charge in [0.15, 0.2) is 0 Å². The number of amides is 2. The molecule has 4 rings (SSSR count). The van der Waals surface area contributed by atoms with Crippen molar-refractivity contribution in [3.8, 4) is 11.5 Å². The van der Waals surface area contributed by atoms with E-state index in [0.717, 1.165) is 9.40 Å². The van der Waals surface area contributed by atoms with Crippen molar-refractivity contribution in [3.05, 3.63) is 46.4 Å². The molecule has 41 heavy (non-hydrogen) atoms. The molecule has 2 amide bonds. The van der Waals surface area contributed by atoms with Gasteiger partial charge in [-0.25, -0.2) is 0 Å². The molecule has 218 valence electrons. The summed E-state index contributed by atoms with van der Waals surface area (Å²) >= 11 is 2.49. The van der Waals surface area contributed by atoms with Crippen molar-refractivity contribution in [2.24, 2.45) is 11.5 Å². The van der Waals surface area contributed by atoms with Crippen LogP contribution < -0.4 is 31.6 Å². The van der Waals surface area contributed by atoms with Crippen molar-refractivity contribution >= 4 is 66.9 Å². The number of aliphatic carboxylic acids is 1. The third kappa shape index (κ3) is 7.85. The summed E-state index contributed by atoms with van der Waals surface area (Å²) < 4.78 is 16.5. The van der Waals surface area contributed by atoms with Gasteiger partial charge in [0.25, 0.3) is 11.8 Å². The Balaban J connectivity index is 0.000000226. The van der Waals surface area contributed by atoms with Crippen molar-refractivity contribution in [1.82, 2.24) is 20.6 Å². The maximum Gasteiger partial charge on any atom is 0.324 e. The molecule has 16 heteroatoms. The molecular weight excluding hydrogens is 576 g/mol. The van der Waals surface area contributed by atoms with E-state index in [1.807, 2.05) is 0 Å². The predicted molar refractivity (Wildman–Crippen MR) is 153 cm³/mol. The average Bonchev–Trinajstić information content (AvgIpc) is 3.63. The topological polar surface area (TPSA) is 218 Å². The maximum atomic E-state index is 12.1. The summed E-state index contributed by atoms with van der Waals surface area (Å²) in [4.78, 5) is 54.9. The number of thiophene rings is 2. The van der Waals surface area contributed by atoms with Crippen LogP contribution in [0.1, 0.15) is 19.3 Å². The number of carboxylic acids is 1. The van der Waals surface area contributed by atoms with Crippen molar-refractivity contribution in [2.75, 3.05) is 34.4 Å². The number of nitrogens with two attached hydrogens (primary N) is 2. The van der Waals surface area contributed by atoms with Crippen molar-refractivity contribution in [3.63, 3.8) is 0 Å². The summed E-state index contributed by atoms with van der Waals surface area (Å²) in [5.41, 5.74) is 12.2. The standard InChI is InChI=1S/C13H15N3O4S.C12H13N3O4S/c1-19-9-3-4-15-8-5-10(21-11(8)9)12(17)16-6-7(14)13(18)20-2;1-19-8-2-3-14-7-4-9(20-10(7)8)11(16)15-5-6(13)12(17)18/h3-5,7H,6,14H2,1-2H3,(H,16,17);2-4,6H,5,13H2,1H3,(H,15,16)(H,17,18)/t7-;6-/m11/s1. The molecule has 0 saturated heterocycles. The lowest BCUT2D eigenvalue weighted by Gasteiger charge is -2.09. The third-order valence-electron chi connectivity index (χ3n) is 5.43. The molecule has 2 atom stereocenters. The molecule has 4 aromatic heterocycles. The average molecular weight is 605 g/mol. The molecule has 0 aliphatic rings. The fourth-order valence-electron chi connectivity index (χ4n) is 3.28. The Labute approximate surface area is 241 Å². The number of carbonyl (C=O) groups excluding carboxylic acids is 3. The van der Waals surface area contributed by atoms with Gasteiger partial charge in [0.05, 0.1) is 51.5 Å². The Hall–Kier alpha value is -4.38. The Kier molecular flexibility index (Phi) is 10.9. The predicted octanol–water partition coefficient (Wildman–Crippen LogP) is 0.982. The molecule has 0 aromatic carbocycles. The largest absolute Gasteiger partial charge is 0.495 e. The second-order valence-electron chi connectivity index (χ2n) is 8.17. The quantitative estimate of drug-likeness (QED) is 0.160. The van der Waals surface area contributed by atoms with Gasteiger partial charge in [0.2, 0.25) is 0 Å². The van der Waals surface area contributed by atoms with Crippen LogP contribution in [0.3, 0.4) is 0 Å². The van der Waals surface area contributed by atoms with E-state index in [1.165, 1.54) is 29.8 Å². The van der Waals surface area contributed by atoms with Gasteiger partial charge in [-0.15, -0.1) is 22.7 Å². The normalized spacial score (nSPS) is 12.0. The number of carboxylic acid groups (broad SMARTS) is 1. The van der Waals surface area contributed by atoms with Crippen LogP contribution in [-0.4, -0.2) is 85.3 Å². The zero-order valence-corrected chi connectivity index (χ0v) is 23.8. The molecule has 0 aliphatic heterocycles. The van der Waals surface area contributed by atoms with Gasteiger partial charge in [-0.2, -0.15) is 0 Å². The van der Waals surface area contributed by atoms with Crippen LogP contribution in [0.5, 0.6) is 11.5 Å². The summed E-state index contributed by atoms with van der Waals surface area (Å²) in [5, 5.41) is 13.7. The van der Waals surface area contributed by atoms with E-state index in [9.17, 15) is 19.2 Å². The van der Waals surface area contributed by atoms with Crippen LogP contribution in [-0.2, 0) is 14.3 Å². The van der Waals surface area contributed by atoms with Crippen LogP contribution >= 0.6 is 22.7 Å². The number of rotatable bonds is 10. The van der Waals surface area contributed by atoms with Crippen LogP contribution in [0.15, 0.2) is 36.7 Å². The molecule has 4 aromatic rings. The summed E-state index contributed by atoms with van der Waals surface area (Å²) in [7, 11) is 4.34. The van der Waals surface area contributed by atoms with E-state index < -0.39 is 24.0 Å². The first-order chi connectivity index (χ1) is 19.6. The van der Waals surface area contributed by atoms with Crippen LogP contribution in [0, 0.1) is 0 Å². The van der Waals surface area contributed by atoms with E-state index in [2.05, 4.69) is 25.3 Å². The fourth-order valence-corrected chi connectivity index (χ4v) is 5.32. The molecule has 0 unspecified atom stereocenters. The molecule has 0 aliphatic carbocycles. The monoisotopic (exact) mass is 604 g/mol. The van der Waals surface area contributed by atoms with E-state index in [0.29, 0.717) is 32.3 Å². The van der Waals surface area contributed by atoms with Gasteiger partial charge in [-0.05, 0) is 24.3 Å². The number of carbonyl (C=O) groups is 4. The number of esters is 1.